The number of nitrogens with zero attached hydrogens (tertiary/aromatic N) is 11. The van der Waals surface area contributed by atoms with Crippen molar-refractivity contribution in [2.45, 2.75) is 0 Å². The van der Waals surface area contributed by atoms with Crippen LogP contribution in [0, 0.1) is 0 Å². The molecular weight excluding hydrogens is 1510 g/mol. The van der Waals surface area contributed by atoms with E-state index in [1.165, 1.54) is 31.6 Å². The van der Waals surface area contributed by atoms with Crippen molar-refractivity contribution in [2.24, 2.45) is 0 Å². The molecule has 0 saturated carbocycles. The third-order valence-electron chi connectivity index (χ3n) is 22.9. The average Bonchev–Trinajstić information content (AvgIpc) is 1.53. The highest BCUT2D eigenvalue weighted by Gasteiger charge is 2.26. The fraction of sp³-hybridized carbons (Fsp3) is 0. The summed E-state index contributed by atoms with van der Waals surface area (Å²) >= 11 is 1.78. The number of pyridine rings is 2. The Bertz CT molecular complexity index is 8040. The van der Waals surface area contributed by atoms with Gasteiger partial charge in [-0.25, -0.2) is 44.9 Å². The van der Waals surface area contributed by atoms with Crippen molar-refractivity contribution < 1.29 is 4.42 Å². The van der Waals surface area contributed by atoms with Gasteiger partial charge < -0.3 is 4.42 Å². The fourth-order valence-corrected chi connectivity index (χ4v) is 18.2. The highest BCUT2D eigenvalue weighted by Crippen LogP contribution is 2.49. The second kappa shape index (κ2) is 30.0. The smallest absolute Gasteiger partial charge is 0.180 e. The minimum atomic E-state index is 0.531. The van der Waals surface area contributed by atoms with E-state index < -0.39 is 0 Å². The van der Waals surface area contributed by atoms with E-state index in [1.54, 1.807) is 11.3 Å². The van der Waals surface area contributed by atoms with Gasteiger partial charge in [0.25, 0.3) is 0 Å². The molecule has 0 unspecified atom stereocenters. The molecule has 0 radical (unpaired) electrons. The number of fused-ring (bicyclic) bond motifs is 16. The predicted octanol–water partition coefficient (Wildman–Crippen LogP) is 27.9. The summed E-state index contributed by atoms with van der Waals surface area (Å²) in [6.45, 7) is 0. The molecule has 16 aromatic carbocycles. The van der Waals surface area contributed by atoms with Gasteiger partial charge in [-0.3, -0.25) is 9.97 Å². The van der Waals surface area contributed by atoms with Crippen molar-refractivity contribution >= 4 is 119 Å². The Morgan fingerprint density at radius 1 is 0.213 bits per heavy atom. The van der Waals surface area contributed by atoms with Gasteiger partial charge in [0.2, 0.25) is 0 Å². The zero-order valence-electron chi connectivity index (χ0n) is 65.3. The fourth-order valence-electron chi connectivity index (χ4n) is 16.9. The van der Waals surface area contributed by atoms with Crippen LogP contribution in [0.25, 0.3) is 243 Å². The first kappa shape index (κ1) is 71.0. The van der Waals surface area contributed by atoms with Crippen LogP contribution in [0.15, 0.2) is 399 Å². The van der Waals surface area contributed by atoms with Crippen LogP contribution in [-0.2, 0) is 0 Å². The lowest BCUT2D eigenvalue weighted by molar-refractivity contribution is 0.667. The van der Waals surface area contributed by atoms with Gasteiger partial charge in [0.15, 0.2) is 40.5 Å². The molecule has 0 aliphatic rings. The molecule has 122 heavy (non-hydrogen) atoms. The molecule has 0 aliphatic heterocycles. The van der Waals surface area contributed by atoms with Crippen molar-refractivity contribution in [2.75, 3.05) is 0 Å². The van der Waals surface area contributed by atoms with Gasteiger partial charge in [-0.1, -0.05) is 328 Å². The van der Waals surface area contributed by atoms with E-state index in [4.69, 9.17) is 59.2 Å². The summed E-state index contributed by atoms with van der Waals surface area (Å²) in [6, 6.07) is 132. The molecule has 0 spiro atoms. The van der Waals surface area contributed by atoms with Gasteiger partial charge in [-0.05, 0) is 115 Å². The summed E-state index contributed by atoms with van der Waals surface area (Å²) in [6.07, 6.45) is 3.66. The number of hydrogen-bond acceptors (Lipinski definition) is 13. The number of rotatable bonds is 12. The third kappa shape index (κ3) is 12.9. The van der Waals surface area contributed by atoms with Crippen LogP contribution < -0.4 is 0 Å². The molecule has 8 heterocycles. The van der Waals surface area contributed by atoms with Crippen LogP contribution in [-0.4, -0.2) is 54.8 Å². The molecule has 12 nitrogen and oxygen atoms in total. The van der Waals surface area contributed by atoms with Gasteiger partial charge in [0.05, 0.1) is 43.7 Å². The number of furan rings is 1. The summed E-state index contributed by atoms with van der Waals surface area (Å²) in [5.41, 5.74) is 22.0. The molecule has 0 amide bonds. The summed E-state index contributed by atoms with van der Waals surface area (Å²) in [5.74, 6) is 3.50. The lowest BCUT2D eigenvalue weighted by atomic mass is 9.94. The maximum atomic E-state index is 6.76. The van der Waals surface area contributed by atoms with Crippen LogP contribution in [0.3, 0.4) is 0 Å². The van der Waals surface area contributed by atoms with E-state index in [1.807, 2.05) is 103 Å². The Morgan fingerprint density at radius 2 is 0.615 bits per heavy atom. The van der Waals surface area contributed by atoms with E-state index in [-0.39, 0.29) is 0 Å². The van der Waals surface area contributed by atoms with Crippen LogP contribution in [0.2, 0.25) is 0 Å². The van der Waals surface area contributed by atoms with Crippen molar-refractivity contribution in [3.8, 4) is 136 Å². The molecule has 0 bridgehead atoms. The first-order valence-electron chi connectivity index (χ1n) is 40.5. The molecule has 0 aliphatic carbocycles. The first-order valence-corrected chi connectivity index (χ1v) is 41.3. The minimum Gasteiger partial charge on any atom is -0.452 e. The van der Waals surface area contributed by atoms with Crippen molar-refractivity contribution in [3.63, 3.8) is 0 Å². The largest absolute Gasteiger partial charge is 0.452 e. The average molecular weight is 1580 g/mol. The van der Waals surface area contributed by atoms with E-state index in [0.717, 1.165) is 171 Å². The predicted molar refractivity (Wildman–Crippen MR) is 499 cm³/mol. The normalized spacial score (nSPS) is 11.6. The maximum absolute atomic E-state index is 6.76. The van der Waals surface area contributed by atoms with Crippen LogP contribution >= 0.6 is 11.3 Å². The molecule has 568 valence electrons. The molecule has 13 heteroatoms. The topological polar surface area (TPSA) is 155 Å². The maximum Gasteiger partial charge on any atom is 0.180 e. The van der Waals surface area contributed by atoms with E-state index in [9.17, 15) is 0 Å². The Balaban J connectivity index is 0.000000142. The number of hydrogen-bond donors (Lipinski definition) is 0. The molecule has 0 saturated heterocycles. The summed E-state index contributed by atoms with van der Waals surface area (Å²) in [4.78, 5) is 56.3. The number of para-hydroxylation sites is 2. The van der Waals surface area contributed by atoms with Crippen LogP contribution in [0.1, 0.15) is 0 Å². The quantitative estimate of drug-likeness (QED) is 0.107. The van der Waals surface area contributed by atoms with Crippen molar-refractivity contribution in [1.82, 2.24) is 54.8 Å². The number of benzene rings is 16. The zero-order valence-corrected chi connectivity index (χ0v) is 66.1. The third-order valence-corrected chi connectivity index (χ3v) is 24.1. The molecule has 8 aromatic heterocycles. The lowest BCUT2D eigenvalue weighted by Gasteiger charge is -2.12. The molecule has 24 aromatic rings. The number of aromatic nitrogens is 11. The zero-order chi connectivity index (χ0) is 80.6. The van der Waals surface area contributed by atoms with Crippen molar-refractivity contribution in [1.29, 1.82) is 0 Å². The van der Waals surface area contributed by atoms with E-state index >= 15 is 0 Å². The number of thiophene rings is 1. The molecule has 0 N–H and O–H groups in total. The SMILES string of the molecule is c1ccc(-c2cc(-c3ccccc3)cc(-c3nc(-c4ccc(-c5nc(-c6ccccc6)cc(-c6ccccc6)n5)cc4)nc4c3oc3ccc5ccccc5c34)c2)cc1.c1ccc2ncc(-c3nc(-c4ccc(-c5nc(-c6cccc7ccccc67)c6sc7c8ccccc8c8ccccc8c7c6n5)cc4)nc(-c4cnc5ccccc5c4)n3)cc2c1. The molecule has 24 rings (SSSR count). The second-order valence-corrected chi connectivity index (χ2v) is 31.4. The highest BCUT2D eigenvalue weighted by molar-refractivity contribution is 7.27. The van der Waals surface area contributed by atoms with E-state index in [2.05, 4.69) is 291 Å². The lowest BCUT2D eigenvalue weighted by Crippen LogP contribution is -2.01. The van der Waals surface area contributed by atoms with Crippen LogP contribution in [0.5, 0.6) is 0 Å². The van der Waals surface area contributed by atoms with Gasteiger partial charge >= 0.3 is 0 Å². The Morgan fingerprint density at radius 3 is 1.16 bits per heavy atom. The van der Waals surface area contributed by atoms with Crippen LogP contribution in [0.4, 0.5) is 0 Å². The van der Waals surface area contributed by atoms with E-state index in [0.29, 0.717) is 40.5 Å². The first-order chi connectivity index (χ1) is 60.4. The summed E-state index contributed by atoms with van der Waals surface area (Å²) in [5, 5.41) is 13.5. The molecule has 0 atom stereocenters. The Hall–Kier alpha value is -16.4. The molecule has 0 fully saturated rings. The van der Waals surface area contributed by atoms with Crippen molar-refractivity contribution in [3.05, 3.63) is 395 Å². The van der Waals surface area contributed by atoms with Gasteiger partial charge in [-0.15, -0.1) is 11.3 Å². The molecular formula is C109H65N11OS. The highest BCUT2D eigenvalue weighted by atomic mass is 32.1. The van der Waals surface area contributed by atoms with Gasteiger partial charge in [0, 0.05) is 94.3 Å². The van der Waals surface area contributed by atoms with Gasteiger partial charge in [0.1, 0.15) is 16.8 Å². The summed E-state index contributed by atoms with van der Waals surface area (Å²) in [7, 11) is 0. The minimum absolute atomic E-state index is 0.531. The summed E-state index contributed by atoms with van der Waals surface area (Å²) < 4.78 is 9.04. The standard InChI is InChI=1S/C55H31N7S.C54H34N4O/c1-4-16-39-32(12-1)15-11-21-43(39)48-51-49(47-42-19-7-5-17-40(42)41-18-6-8-20-44(41)50(47)63-51)59-52(58-48)33-24-26-34(27-25-33)53-60-54(37-28-35-13-2-9-22-45(35)56-30-37)62-55(61-53)38-29-36-14-3-10-23-46(36)57-31-38;1-5-15-35(16-6-1)42-31-43(36-17-7-2-8-18-36)33-44(32-42)50-52-51(49-45-24-14-13-19-37(45)29-30-48(49)59-52)58-54(57-50)41-27-25-40(26-28-41)53-55-46(38-20-9-3-10-21-38)34-47(56-53)39-22-11-4-12-23-39/h1-31H;1-34H. The van der Waals surface area contributed by atoms with Gasteiger partial charge in [-0.2, -0.15) is 0 Å². The Labute approximate surface area is 703 Å². The Kier molecular flexibility index (Phi) is 17.4. The second-order valence-electron chi connectivity index (χ2n) is 30.4. The monoisotopic (exact) mass is 1580 g/mol.